The summed E-state index contributed by atoms with van der Waals surface area (Å²) in [7, 11) is 0. The standard InChI is InChI=1S/C19H28F3N3O3.HI/c1-2-23-19(24-8-4-9-26-12-14-7-10-27-13-14)25-11-15-16(20)5-3-6-17(15)28-18(21)22;/h3,5-6,14,18H,2,4,7-13H2,1H3,(H2,23,24,25);1H. The van der Waals surface area contributed by atoms with Gasteiger partial charge in [0.05, 0.1) is 25.3 Å². The van der Waals surface area contributed by atoms with Crippen molar-refractivity contribution in [1.82, 2.24) is 10.6 Å². The summed E-state index contributed by atoms with van der Waals surface area (Å²) in [6.45, 7) is 2.88. The molecule has 0 radical (unpaired) electrons. The lowest BCUT2D eigenvalue weighted by atomic mass is 10.1. The van der Waals surface area contributed by atoms with Crippen LogP contribution in [-0.2, 0) is 16.0 Å². The van der Waals surface area contributed by atoms with Gasteiger partial charge in [-0.05, 0) is 31.9 Å². The molecule has 1 heterocycles. The van der Waals surface area contributed by atoms with Gasteiger partial charge in [-0.25, -0.2) is 9.38 Å². The molecule has 2 rings (SSSR count). The highest BCUT2D eigenvalue weighted by molar-refractivity contribution is 14.0. The molecule has 10 heteroatoms. The highest BCUT2D eigenvalue weighted by Gasteiger charge is 2.15. The number of ether oxygens (including phenoxy) is 3. The minimum absolute atomic E-state index is 0. The SMILES string of the molecule is CCNC(=NCc1c(F)cccc1OC(F)F)NCCCOCC1CCOC1.I. The molecular weight excluding hydrogens is 502 g/mol. The molecular formula is C19H29F3IN3O3. The van der Waals surface area contributed by atoms with Crippen LogP contribution >= 0.6 is 24.0 Å². The Balaban J connectivity index is 0.00000420. The van der Waals surface area contributed by atoms with Crippen LogP contribution in [-0.4, -0.2) is 52.1 Å². The number of rotatable bonds is 11. The Bertz CT molecular complexity index is 618. The van der Waals surface area contributed by atoms with Gasteiger partial charge in [-0.1, -0.05) is 6.07 Å². The van der Waals surface area contributed by atoms with Crippen molar-refractivity contribution < 1.29 is 27.4 Å². The number of alkyl halides is 2. The third-order valence-corrected chi connectivity index (χ3v) is 4.17. The quantitative estimate of drug-likeness (QED) is 0.198. The van der Waals surface area contributed by atoms with E-state index in [0.717, 1.165) is 26.1 Å². The maximum absolute atomic E-state index is 14.0. The molecule has 0 bridgehead atoms. The van der Waals surface area contributed by atoms with Crippen LogP contribution < -0.4 is 15.4 Å². The summed E-state index contributed by atoms with van der Waals surface area (Å²) < 4.78 is 54.3. The van der Waals surface area contributed by atoms with E-state index in [0.29, 0.717) is 38.2 Å². The first-order valence-electron chi connectivity index (χ1n) is 9.50. The zero-order valence-electron chi connectivity index (χ0n) is 16.5. The van der Waals surface area contributed by atoms with Crippen molar-refractivity contribution in [2.75, 3.05) is 39.5 Å². The van der Waals surface area contributed by atoms with Crippen LogP contribution in [0.3, 0.4) is 0 Å². The molecule has 0 spiro atoms. The zero-order valence-corrected chi connectivity index (χ0v) is 18.8. The van der Waals surface area contributed by atoms with Crippen molar-refractivity contribution in [2.45, 2.75) is 32.9 Å². The highest BCUT2D eigenvalue weighted by Crippen LogP contribution is 2.24. The van der Waals surface area contributed by atoms with Crippen LogP contribution in [0.25, 0.3) is 0 Å². The van der Waals surface area contributed by atoms with Crippen LogP contribution in [0, 0.1) is 11.7 Å². The predicted octanol–water partition coefficient (Wildman–Crippen LogP) is 3.54. The Labute approximate surface area is 186 Å². The van der Waals surface area contributed by atoms with E-state index in [2.05, 4.69) is 20.4 Å². The first-order chi connectivity index (χ1) is 13.6. The molecule has 1 aromatic carbocycles. The minimum atomic E-state index is -3.02. The second kappa shape index (κ2) is 14.7. The molecule has 0 amide bonds. The van der Waals surface area contributed by atoms with Gasteiger partial charge in [0, 0.05) is 32.2 Å². The average molecular weight is 531 g/mol. The summed E-state index contributed by atoms with van der Waals surface area (Å²) in [6, 6.07) is 3.81. The molecule has 1 fully saturated rings. The summed E-state index contributed by atoms with van der Waals surface area (Å²) >= 11 is 0. The van der Waals surface area contributed by atoms with Crippen molar-refractivity contribution in [2.24, 2.45) is 10.9 Å². The molecule has 29 heavy (non-hydrogen) atoms. The van der Waals surface area contributed by atoms with E-state index in [1.807, 2.05) is 6.92 Å². The molecule has 1 aliphatic rings. The van der Waals surface area contributed by atoms with Crippen molar-refractivity contribution in [1.29, 1.82) is 0 Å². The molecule has 0 aliphatic carbocycles. The van der Waals surface area contributed by atoms with Gasteiger partial charge in [0.25, 0.3) is 0 Å². The first kappa shape index (κ1) is 25.8. The number of guanidine groups is 1. The van der Waals surface area contributed by atoms with Crippen LogP contribution in [0.4, 0.5) is 13.2 Å². The van der Waals surface area contributed by atoms with Gasteiger partial charge in [-0.2, -0.15) is 8.78 Å². The normalized spacial score (nSPS) is 16.6. The number of hydrogen-bond donors (Lipinski definition) is 2. The van der Waals surface area contributed by atoms with Crippen LogP contribution in [0.2, 0.25) is 0 Å². The first-order valence-corrected chi connectivity index (χ1v) is 9.50. The number of halogens is 4. The predicted molar refractivity (Wildman–Crippen MR) is 116 cm³/mol. The summed E-state index contributed by atoms with van der Waals surface area (Å²) in [5, 5.41) is 6.16. The van der Waals surface area contributed by atoms with Crippen molar-refractivity contribution in [3.63, 3.8) is 0 Å². The van der Waals surface area contributed by atoms with Crippen LogP contribution in [0.1, 0.15) is 25.3 Å². The average Bonchev–Trinajstić information content (AvgIpc) is 3.17. The second-order valence-electron chi connectivity index (χ2n) is 6.38. The second-order valence-corrected chi connectivity index (χ2v) is 6.38. The third-order valence-electron chi connectivity index (χ3n) is 4.17. The molecule has 0 aromatic heterocycles. The Morgan fingerprint density at radius 3 is 2.86 bits per heavy atom. The summed E-state index contributed by atoms with van der Waals surface area (Å²) in [4.78, 5) is 4.27. The largest absolute Gasteiger partial charge is 0.434 e. The fourth-order valence-electron chi connectivity index (χ4n) is 2.74. The molecule has 1 saturated heterocycles. The zero-order chi connectivity index (χ0) is 20.2. The van der Waals surface area contributed by atoms with Gasteiger partial charge < -0.3 is 24.8 Å². The van der Waals surface area contributed by atoms with E-state index < -0.39 is 12.4 Å². The fraction of sp³-hybridized carbons (Fsp3) is 0.632. The number of nitrogens with one attached hydrogen (secondary N) is 2. The number of hydrogen-bond acceptors (Lipinski definition) is 4. The van der Waals surface area contributed by atoms with E-state index in [4.69, 9.17) is 9.47 Å². The molecule has 0 saturated carbocycles. The molecule has 1 unspecified atom stereocenters. The molecule has 2 N–H and O–H groups in total. The van der Waals surface area contributed by atoms with E-state index in [1.54, 1.807) is 0 Å². The molecule has 1 aromatic rings. The molecule has 166 valence electrons. The van der Waals surface area contributed by atoms with Gasteiger partial charge in [0.15, 0.2) is 5.96 Å². The number of aliphatic imine (C=N–C) groups is 1. The summed E-state index contributed by atoms with van der Waals surface area (Å²) in [6.07, 6.45) is 1.82. The maximum Gasteiger partial charge on any atom is 0.387 e. The lowest BCUT2D eigenvalue weighted by Gasteiger charge is -2.13. The Kier molecular flexibility index (Phi) is 13.0. The minimum Gasteiger partial charge on any atom is -0.434 e. The Hall–Kier alpha value is -1.27. The van der Waals surface area contributed by atoms with Crippen LogP contribution in [0.5, 0.6) is 5.75 Å². The lowest BCUT2D eigenvalue weighted by molar-refractivity contribution is -0.0506. The number of nitrogens with zero attached hydrogens (tertiary/aromatic N) is 1. The van der Waals surface area contributed by atoms with Gasteiger partial charge in [-0.3, -0.25) is 0 Å². The van der Waals surface area contributed by atoms with E-state index in [1.165, 1.54) is 18.2 Å². The Morgan fingerprint density at radius 1 is 1.34 bits per heavy atom. The summed E-state index contributed by atoms with van der Waals surface area (Å²) in [5.74, 6) is 0.108. The topological polar surface area (TPSA) is 64.1 Å². The maximum atomic E-state index is 14.0. The molecule has 1 atom stereocenters. The van der Waals surface area contributed by atoms with Crippen molar-refractivity contribution >= 4 is 29.9 Å². The van der Waals surface area contributed by atoms with Gasteiger partial charge in [-0.15, -0.1) is 24.0 Å². The van der Waals surface area contributed by atoms with Crippen LogP contribution in [0.15, 0.2) is 23.2 Å². The van der Waals surface area contributed by atoms with Gasteiger partial charge in [0.2, 0.25) is 0 Å². The highest BCUT2D eigenvalue weighted by atomic mass is 127. The Morgan fingerprint density at radius 2 is 2.17 bits per heavy atom. The van der Waals surface area contributed by atoms with Crippen molar-refractivity contribution in [3.8, 4) is 5.75 Å². The lowest BCUT2D eigenvalue weighted by Crippen LogP contribution is -2.38. The van der Waals surface area contributed by atoms with Crippen molar-refractivity contribution in [3.05, 3.63) is 29.6 Å². The monoisotopic (exact) mass is 531 g/mol. The van der Waals surface area contributed by atoms with Gasteiger partial charge >= 0.3 is 6.61 Å². The third kappa shape index (κ3) is 9.85. The fourth-order valence-corrected chi connectivity index (χ4v) is 2.74. The number of benzene rings is 1. The summed E-state index contributed by atoms with van der Waals surface area (Å²) in [5.41, 5.74) is -0.0119. The van der Waals surface area contributed by atoms with E-state index in [-0.39, 0.29) is 41.8 Å². The molecule has 6 nitrogen and oxygen atoms in total. The van der Waals surface area contributed by atoms with E-state index >= 15 is 0 Å². The van der Waals surface area contributed by atoms with Gasteiger partial charge in [0.1, 0.15) is 11.6 Å². The van der Waals surface area contributed by atoms with E-state index in [9.17, 15) is 13.2 Å². The smallest absolute Gasteiger partial charge is 0.387 e. The molecule has 1 aliphatic heterocycles.